The number of carbonyl (C=O) groups excluding carboxylic acids is 1. The second-order valence-corrected chi connectivity index (χ2v) is 7.64. The SMILES string of the molecule is O=C(c1ccccc1)N1CC[C@@H](N2C=CC(c3ccc4ccccc4c3)=NC2)C1. The first-order valence-electron chi connectivity index (χ1n) is 10.1. The first kappa shape index (κ1) is 17.7. The van der Waals surface area contributed by atoms with Crippen LogP contribution in [0.2, 0.25) is 0 Å². The van der Waals surface area contributed by atoms with Gasteiger partial charge >= 0.3 is 0 Å². The van der Waals surface area contributed by atoms with Crippen LogP contribution in [0, 0.1) is 0 Å². The molecule has 2 aliphatic heterocycles. The highest BCUT2D eigenvalue weighted by atomic mass is 16.2. The largest absolute Gasteiger partial charge is 0.353 e. The molecule has 0 spiro atoms. The second-order valence-electron chi connectivity index (χ2n) is 7.64. The van der Waals surface area contributed by atoms with E-state index in [0.717, 1.165) is 36.3 Å². The van der Waals surface area contributed by atoms with Crippen LogP contribution in [0.5, 0.6) is 0 Å². The molecule has 1 amide bonds. The number of fused-ring (bicyclic) bond motifs is 1. The van der Waals surface area contributed by atoms with Gasteiger partial charge in [0.05, 0.1) is 5.71 Å². The van der Waals surface area contributed by atoms with Crippen molar-refractivity contribution in [1.29, 1.82) is 0 Å². The van der Waals surface area contributed by atoms with Gasteiger partial charge in [-0.2, -0.15) is 0 Å². The van der Waals surface area contributed by atoms with Crippen molar-refractivity contribution in [1.82, 2.24) is 9.80 Å². The number of benzene rings is 3. The molecule has 0 saturated carbocycles. The van der Waals surface area contributed by atoms with E-state index >= 15 is 0 Å². The molecule has 2 aliphatic rings. The fourth-order valence-corrected chi connectivity index (χ4v) is 4.16. The molecule has 0 radical (unpaired) electrons. The van der Waals surface area contributed by atoms with E-state index in [1.807, 2.05) is 35.2 Å². The van der Waals surface area contributed by atoms with Gasteiger partial charge in [-0.25, -0.2) is 0 Å². The Bertz CT molecular complexity index is 1100. The van der Waals surface area contributed by atoms with E-state index in [4.69, 9.17) is 4.99 Å². The maximum absolute atomic E-state index is 12.7. The lowest BCUT2D eigenvalue weighted by Crippen LogP contribution is -2.37. The van der Waals surface area contributed by atoms with Crippen LogP contribution in [-0.4, -0.2) is 47.2 Å². The highest BCUT2D eigenvalue weighted by molar-refractivity contribution is 6.10. The molecule has 0 aromatic heterocycles. The zero-order valence-electron chi connectivity index (χ0n) is 16.2. The third kappa shape index (κ3) is 3.54. The van der Waals surface area contributed by atoms with E-state index < -0.39 is 0 Å². The minimum absolute atomic E-state index is 0.120. The van der Waals surface area contributed by atoms with Gasteiger partial charge in [-0.1, -0.05) is 54.6 Å². The molecule has 3 aromatic rings. The van der Waals surface area contributed by atoms with Crippen molar-refractivity contribution < 1.29 is 4.79 Å². The summed E-state index contributed by atoms with van der Waals surface area (Å²) in [6, 6.07) is 24.7. The summed E-state index contributed by atoms with van der Waals surface area (Å²) in [7, 11) is 0. The van der Waals surface area contributed by atoms with Crippen molar-refractivity contribution in [3.8, 4) is 0 Å². The Morgan fingerprint density at radius 3 is 2.52 bits per heavy atom. The van der Waals surface area contributed by atoms with Crippen LogP contribution in [0.25, 0.3) is 10.8 Å². The maximum Gasteiger partial charge on any atom is 0.253 e. The van der Waals surface area contributed by atoms with Gasteiger partial charge in [-0.15, -0.1) is 0 Å². The lowest BCUT2D eigenvalue weighted by molar-refractivity contribution is 0.0782. The Morgan fingerprint density at radius 1 is 0.931 bits per heavy atom. The number of nitrogens with zero attached hydrogens (tertiary/aromatic N) is 3. The predicted octanol–water partition coefficient (Wildman–Crippen LogP) is 4.33. The average molecular weight is 381 g/mol. The predicted molar refractivity (Wildman–Crippen MR) is 117 cm³/mol. The smallest absolute Gasteiger partial charge is 0.253 e. The fourth-order valence-electron chi connectivity index (χ4n) is 4.16. The topological polar surface area (TPSA) is 35.9 Å². The Balaban J connectivity index is 1.25. The Kier molecular flexibility index (Phi) is 4.60. The summed E-state index contributed by atoms with van der Waals surface area (Å²) in [5.74, 6) is 0.120. The van der Waals surface area contributed by atoms with Crippen LogP contribution in [-0.2, 0) is 0 Å². The van der Waals surface area contributed by atoms with Crippen molar-refractivity contribution >= 4 is 22.4 Å². The highest BCUT2D eigenvalue weighted by Gasteiger charge is 2.30. The number of amides is 1. The van der Waals surface area contributed by atoms with Gasteiger partial charge in [-0.3, -0.25) is 9.79 Å². The molecule has 1 atom stereocenters. The molecule has 29 heavy (non-hydrogen) atoms. The molecule has 0 aliphatic carbocycles. The number of likely N-dealkylation sites (tertiary alicyclic amines) is 1. The van der Waals surface area contributed by atoms with Crippen LogP contribution in [0.15, 0.2) is 90.1 Å². The zero-order chi connectivity index (χ0) is 19.6. The number of carbonyl (C=O) groups is 1. The summed E-state index contributed by atoms with van der Waals surface area (Å²) < 4.78 is 0. The van der Waals surface area contributed by atoms with E-state index in [0.29, 0.717) is 12.7 Å². The summed E-state index contributed by atoms with van der Waals surface area (Å²) >= 11 is 0. The molecule has 3 aromatic carbocycles. The first-order chi connectivity index (χ1) is 14.3. The van der Waals surface area contributed by atoms with E-state index in [9.17, 15) is 4.79 Å². The minimum atomic E-state index is 0.120. The summed E-state index contributed by atoms with van der Waals surface area (Å²) in [6.07, 6.45) is 5.21. The Labute approximate surface area is 170 Å². The molecule has 5 rings (SSSR count). The van der Waals surface area contributed by atoms with Gasteiger partial charge in [0.25, 0.3) is 5.91 Å². The van der Waals surface area contributed by atoms with Gasteiger partial charge in [0, 0.05) is 36.5 Å². The number of hydrogen-bond donors (Lipinski definition) is 0. The van der Waals surface area contributed by atoms with Crippen LogP contribution >= 0.6 is 0 Å². The normalized spacial score (nSPS) is 18.9. The number of allylic oxidation sites excluding steroid dienone is 1. The fraction of sp³-hybridized carbons (Fsp3) is 0.200. The molecule has 4 nitrogen and oxygen atoms in total. The van der Waals surface area contributed by atoms with Crippen molar-refractivity contribution in [3.63, 3.8) is 0 Å². The molecule has 0 bridgehead atoms. The lowest BCUT2D eigenvalue weighted by atomic mass is 10.0. The van der Waals surface area contributed by atoms with E-state index in [2.05, 4.69) is 59.6 Å². The Hall–Kier alpha value is -3.40. The minimum Gasteiger partial charge on any atom is -0.353 e. The highest BCUT2D eigenvalue weighted by Crippen LogP contribution is 2.22. The number of rotatable bonds is 3. The molecule has 144 valence electrons. The van der Waals surface area contributed by atoms with Crippen LogP contribution in [0.4, 0.5) is 0 Å². The summed E-state index contributed by atoms with van der Waals surface area (Å²) in [6.45, 7) is 2.18. The number of hydrogen-bond acceptors (Lipinski definition) is 3. The van der Waals surface area contributed by atoms with Crippen LogP contribution in [0.1, 0.15) is 22.3 Å². The van der Waals surface area contributed by atoms with Gasteiger partial charge in [-0.05, 0) is 41.5 Å². The molecular weight excluding hydrogens is 358 g/mol. The van der Waals surface area contributed by atoms with Gasteiger partial charge in [0.1, 0.15) is 6.67 Å². The van der Waals surface area contributed by atoms with Crippen LogP contribution < -0.4 is 0 Å². The summed E-state index contributed by atoms with van der Waals surface area (Å²) in [5, 5.41) is 2.47. The van der Waals surface area contributed by atoms with E-state index in [-0.39, 0.29) is 5.91 Å². The molecule has 4 heteroatoms. The third-order valence-electron chi connectivity index (χ3n) is 5.81. The van der Waals surface area contributed by atoms with Gasteiger partial charge in [0.15, 0.2) is 0 Å². The molecule has 1 fully saturated rings. The maximum atomic E-state index is 12.7. The quantitative estimate of drug-likeness (QED) is 0.677. The molecule has 2 heterocycles. The second kappa shape index (κ2) is 7.55. The van der Waals surface area contributed by atoms with Crippen molar-refractivity contribution in [2.75, 3.05) is 19.8 Å². The van der Waals surface area contributed by atoms with Crippen molar-refractivity contribution in [2.45, 2.75) is 12.5 Å². The van der Waals surface area contributed by atoms with E-state index in [1.165, 1.54) is 10.8 Å². The average Bonchev–Trinajstić information content (AvgIpc) is 3.29. The lowest BCUT2D eigenvalue weighted by Gasteiger charge is -2.28. The van der Waals surface area contributed by atoms with Crippen molar-refractivity contribution in [3.05, 3.63) is 96.2 Å². The summed E-state index contributed by atoms with van der Waals surface area (Å²) in [4.78, 5) is 21.7. The molecule has 0 N–H and O–H groups in total. The monoisotopic (exact) mass is 381 g/mol. The number of aliphatic imine (C=N–C) groups is 1. The molecule has 0 unspecified atom stereocenters. The van der Waals surface area contributed by atoms with Gasteiger partial charge < -0.3 is 9.80 Å². The standard InChI is InChI=1S/C25H23N3O/c29-25(20-7-2-1-3-8-20)27-14-12-23(17-27)28-15-13-24(26-18-28)22-11-10-19-6-4-5-9-21(19)16-22/h1-11,13,15-16,23H,12,14,17-18H2/t23-/m1/s1. The zero-order valence-corrected chi connectivity index (χ0v) is 16.2. The summed E-state index contributed by atoms with van der Waals surface area (Å²) in [5.41, 5.74) is 2.92. The Morgan fingerprint density at radius 2 is 1.72 bits per heavy atom. The molecular formula is C25H23N3O. The van der Waals surface area contributed by atoms with E-state index in [1.54, 1.807) is 0 Å². The third-order valence-corrected chi connectivity index (χ3v) is 5.81. The first-order valence-corrected chi connectivity index (χ1v) is 10.1. The van der Waals surface area contributed by atoms with Crippen LogP contribution in [0.3, 0.4) is 0 Å². The molecule has 1 saturated heterocycles. The van der Waals surface area contributed by atoms with Crippen molar-refractivity contribution in [2.24, 2.45) is 4.99 Å². The van der Waals surface area contributed by atoms with Gasteiger partial charge in [0.2, 0.25) is 0 Å².